The lowest BCUT2D eigenvalue weighted by Gasteiger charge is -2.57. The molecule has 0 unspecified atom stereocenters. The molecule has 2 aliphatic heterocycles. The predicted octanol–water partition coefficient (Wildman–Crippen LogP) is 3.32. The van der Waals surface area contributed by atoms with Crippen LogP contribution in [0.15, 0.2) is 18.2 Å². The van der Waals surface area contributed by atoms with Gasteiger partial charge in [0.2, 0.25) is 5.91 Å². The number of amides is 1. The van der Waals surface area contributed by atoms with Gasteiger partial charge in [-0.25, -0.2) is 0 Å². The number of benzene rings is 1. The second-order valence-electron chi connectivity index (χ2n) is 9.81. The van der Waals surface area contributed by atoms with E-state index in [1.54, 1.807) is 0 Å². The second kappa shape index (κ2) is 6.30. The SMILES string of the molecule is O=C(N1CCN(c2ccc3c(c2)OCCO3)CC1)C12CC3CC(CC(C3)C1)C2. The van der Waals surface area contributed by atoms with E-state index in [2.05, 4.69) is 21.9 Å². The quantitative estimate of drug-likeness (QED) is 0.787. The van der Waals surface area contributed by atoms with E-state index in [-0.39, 0.29) is 5.41 Å². The van der Waals surface area contributed by atoms with Crippen LogP contribution in [-0.4, -0.2) is 50.2 Å². The standard InChI is InChI=1S/C23H30N2O3/c26-22(23-13-16-9-17(14-23)11-18(10-16)15-23)25-5-3-24(4-6-25)19-1-2-20-21(12-19)28-8-7-27-20/h1-2,12,16-18H,3-11,13-15H2. The normalized spacial score (nSPS) is 35.9. The first-order valence-corrected chi connectivity index (χ1v) is 11.1. The molecular formula is C23H30N2O3. The smallest absolute Gasteiger partial charge is 0.228 e. The number of piperazine rings is 1. The van der Waals surface area contributed by atoms with Gasteiger partial charge in [0.15, 0.2) is 11.5 Å². The Kier molecular flexibility index (Phi) is 3.82. The Bertz CT molecular complexity index is 749. The molecule has 1 aromatic carbocycles. The Hall–Kier alpha value is -1.91. The number of ether oxygens (including phenoxy) is 2. The number of rotatable bonds is 2. The van der Waals surface area contributed by atoms with E-state index in [0.29, 0.717) is 19.1 Å². The first-order chi connectivity index (χ1) is 13.7. The lowest BCUT2D eigenvalue weighted by molar-refractivity contribution is -0.158. The summed E-state index contributed by atoms with van der Waals surface area (Å²) in [5.74, 6) is 4.65. The molecule has 0 radical (unpaired) electrons. The minimum absolute atomic E-state index is 0.00603. The van der Waals surface area contributed by atoms with E-state index in [9.17, 15) is 4.79 Å². The second-order valence-corrected chi connectivity index (χ2v) is 9.81. The zero-order valence-electron chi connectivity index (χ0n) is 16.6. The van der Waals surface area contributed by atoms with Crippen LogP contribution in [0.1, 0.15) is 38.5 Å². The number of carbonyl (C=O) groups is 1. The third-order valence-electron chi connectivity index (χ3n) is 7.95. The first kappa shape index (κ1) is 17.0. The van der Waals surface area contributed by atoms with Crippen molar-refractivity contribution >= 4 is 11.6 Å². The Morgan fingerprint density at radius 2 is 1.46 bits per heavy atom. The minimum atomic E-state index is -0.00603. The molecule has 5 fully saturated rings. The van der Waals surface area contributed by atoms with Crippen molar-refractivity contribution in [1.82, 2.24) is 4.90 Å². The van der Waals surface area contributed by atoms with Crippen molar-refractivity contribution in [1.29, 1.82) is 0 Å². The molecule has 4 aliphatic carbocycles. The molecule has 5 nitrogen and oxygen atoms in total. The molecule has 2 heterocycles. The van der Waals surface area contributed by atoms with E-state index < -0.39 is 0 Å². The molecule has 4 bridgehead atoms. The van der Waals surface area contributed by atoms with Gasteiger partial charge in [-0.15, -0.1) is 0 Å². The molecule has 0 aromatic heterocycles. The van der Waals surface area contributed by atoms with Crippen molar-refractivity contribution < 1.29 is 14.3 Å². The zero-order valence-corrected chi connectivity index (χ0v) is 16.6. The van der Waals surface area contributed by atoms with E-state index in [0.717, 1.165) is 55.4 Å². The lowest BCUT2D eigenvalue weighted by Crippen LogP contribution is -2.58. The number of fused-ring (bicyclic) bond motifs is 1. The summed E-state index contributed by atoms with van der Waals surface area (Å²) < 4.78 is 11.4. The van der Waals surface area contributed by atoms with Crippen LogP contribution in [-0.2, 0) is 4.79 Å². The molecule has 0 N–H and O–H groups in total. The maximum Gasteiger partial charge on any atom is 0.228 e. The topological polar surface area (TPSA) is 42.0 Å². The maximum atomic E-state index is 13.6. The van der Waals surface area contributed by atoms with Crippen molar-refractivity contribution in [2.75, 3.05) is 44.3 Å². The highest BCUT2D eigenvalue weighted by molar-refractivity contribution is 5.83. The van der Waals surface area contributed by atoms with Gasteiger partial charge >= 0.3 is 0 Å². The lowest BCUT2D eigenvalue weighted by atomic mass is 9.49. The zero-order chi connectivity index (χ0) is 18.7. The average Bonchev–Trinajstić information content (AvgIpc) is 2.72. The summed E-state index contributed by atoms with van der Waals surface area (Å²) in [5, 5.41) is 0. The number of carbonyl (C=O) groups excluding carboxylic acids is 1. The number of hydrogen-bond acceptors (Lipinski definition) is 4. The molecule has 0 atom stereocenters. The molecular weight excluding hydrogens is 352 g/mol. The van der Waals surface area contributed by atoms with Gasteiger partial charge in [-0.2, -0.15) is 0 Å². The summed E-state index contributed by atoms with van der Waals surface area (Å²) in [5.41, 5.74) is 1.17. The van der Waals surface area contributed by atoms with E-state index >= 15 is 0 Å². The molecule has 28 heavy (non-hydrogen) atoms. The van der Waals surface area contributed by atoms with Crippen LogP contribution in [0.25, 0.3) is 0 Å². The molecule has 7 rings (SSSR count). The summed E-state index contributed by atoms with van der Waals surface area (Å²) in [7, 11) is 0. The van der Waals surface area contributed by atoms with Crippen molar-refractivity contribution in [2.45, 2.75) is 38.5 Å². The summed E-state index contributed by atoms with van der Waals surface area (Å²) in [6, 6.07) is 6.21. The van der Waals surface area contributed by atoms with Gasteiger partial charge in [0, 0.05) is 37.9 Å². The summed E-state index contributed by atoms with van der Waals surface area (Å²) >= 11 is 0. The fraction of sp³-hybridized carbons (Fsp3) is 0.696. The molecule has 6 aliphatic rings. The van der Waals surface area contributed by atoms with Crippen LogP contribution in [0.4, 0.5) is 5.69 Å². The van der Waals surface area contributed by atoms with Crippen molar-refractivity contribution in [3.05, 3.63) is 18.2 Å². The minimum Gasteiger partial charge on any atom is -0.486 e. The fourth-order valence-corrected chi connectivity index (χ4v) is 7.10. The Morgan fingerprint density at radius 3 is 2.11 bits per heavy atom. The highest BCUT2D eigenvalue weighted by atomic mass is 16.6. The summed E-state index contributed by atoms with van der Waals surface area (Å²) in [6.45, 7) is 4.72. The molecule has 1 aromatic rings. The highest BCUT2D eigenvalue weighted by Crippen LogP contribution is 2.60. The average molecular weight is 383 g/mol. The predicted molar refractivity (Wildman–Crippen MR) is 107 cm³/mol. The number of anilines is 1. The number of nitrogens with zero attached hydrogens (tertiary/aromatic N) is 2. The van der Waals surface area contributed by atoms with Gasteiger partial charge in [-0.05, 0) is 68.4 Å². The Balaban J connectivity index is 1.14. The van der Waals surface area contributed by atoms with E-state index in [4.69, 9.17) is 9.47 Å². The van der Waals surface area contributed by atoms with Gasteiger partial charge in [0.1, 0.15) is 13.2 Å². The van der Waals surface area contributed by atoms with Crippen LogP contribution in [0.5, 0.6) is 11.5 Å². The first-order valence-electron chi connectivity index (χ1n) is 11.1. The van der Waals surface area contributed by atoms with Gasteiger partial charge < -0.3 is 19.3 Å². The van der Waals surface area contributed by atoms with Crippen LogP contribution in [0, 0.1) is 23.2 Å². The third kappa shape index (κ3) is 2.69. The molecule has 0 spiro atoms. The monoisotopic (exact) mass is 382 g/mol. The Morgan fingerprint density at radius 1 is 0.857 bits per heavy atom. The summed E-state index contributed by atoms with van der Waals surface area (Å²) in [4.78, 5) is 18.1. The van der Waals surface area contributed by atoms with Crippen LogP contribution in [0.3, 0.4) is 0 Å². The Labute approximate surface area is 167 Å². The molecule has 1 saturated heterocycles. The van der Waals surface area contributed by atoms with Crippen LogP contribution < -0.4 is 14.4 Å². The van der Waals surface area contributed by atoms with Gasteiger partial charge in [-0.3, -0.25) is 4.79 Å². The largest absolute Gasteiger partial charge is 0.486 e. The molecule has 150 valence electrons. The van der Waals surface area contributed by atoms with Gasteiger partial charge in [0.25, 0.3) is 0 Å². The van der Waals surface area contributed by atoms with E-state index in [1.807, 2.05) is 6.07 Å². The fourth-order valence-electron chi connectivity index (χ4n) is 7.10. The van der Waals surface area contributed by atoms with Crippen LogP contribution >= 0.6 is 0 Å². The summed E-state index contributed by atoms with van der Waals surface area (Å²) in [6.07, 6.45) is 7.68. The van der Waals surface area contributed by atoms with E-state index in [1.165, 1.54) is 44.2 Å². The molecule has 1 amide bonds. The highest BCUT2D eigenvalue weighted by Gasteiger charge is 2.55. The van der Waals surface area contributed by atoms with Crippen molar-refractivity contribution in [2.24, 2.45) is 23.2 Å². The third-order valence-corrected chi connectivity index (χ3v) is 7.95. The van der Waals surface area contributed by atoms with Gasteiger partial charge in [-0.1, -0.05) is 0 Å². The van der Waals surface area contributed by atoms with Crippen molar-refractivity contribution in [3.8, 4) is 11.5 Å². The van der Waals surface area contributed by atoms with Gasteiger partial charge in [0.05, 0.1) is 5.41 Å². The van der Waals surface area contributed by atoms with Crippen molar-refractivity contribution in [3.63, 3.8) is 0 Å². The number of hydrogen-bond donors (Lipinski definition) is 0. The maximum absolute atomic E-state index is 13.6. The van der Waals surface area contributed by atoms with Crippen LogP contribution in [0.2, 0.25) is 0 Å². The molecule has 4 saturated carbocycles. The molecule has 5 heteroatoms.